The van der Waals surface area contributed by atoms with Crippen molar-refractivity contribution in [1.82, 2.24) is 4.31 Å². The molecular weight excluding hydrogens is 360 g/mol. The minimum absolute atomic E-state index is 0.0404. The summed E-state index contributed by atoms with van der Waals surface area (Å²) in [4.78, 5) is 23.4. The molecule has 0 fully saturated rings. The first-order chi connectivity index (χ1) is 12.3. The van der Waals surface area contributed by atoms with Crippen molar-refractivity contribution in [3.05, 3.63) is 54.5 Å². The Hall–Kier alpha value is -2.91. The quantitative estimate of drug-likeness (QED) is 0.581. The predicted octanol–water partition coefficient (Wildman–Crippen LogP) is 1.72. The molecule has 2 rings (SSSR count). The van der Waals surface area contributed by atoms with E-state index in [-0.39, 0.29) is 10.6 Å². The Bertz CT molecular complexity index is 901. The van der Waals surface area contributed by atoms with Crippen LogP contribution in [0.5, 0.6) is 0 Å². The lowest BCUT2D eigenvalue weighted by Crippen LogP contribution is -2.23. The van der Waals surface area contributed by atoms with E-state index in [1.54, 1.807) is 12.1 Å². The number of carbonyl (C=O) groups is 2. The van der Waals surface area contributed by atoms with E-state index in [1.807, 2.05) is 0 Å². The van der Waals surface area contributed by atoms with Crippen molar-refractivity contribution >= 4 is 33.7 Å². The van der Waals surface area contributed by atoms with Crippen molar-refractivity contribution in [3.63, 3.8) is 0 Å². The first kappa shape index (κ1) is 19.4. The molecule has 0 bridgehead atoms. The number of furan rings is 1. The second-order valence-electron chi connectivity index (χ2n) is 5.32. The van der Waals surface area contributed by atoms with E-state index in [4.69, 9.17) is 9.15 Å². The molecule has 0 saturated heterocycles. The zero-order chi connectivity index (χ0) is 19.2. The number of nitrogens with one attached hydrogen (secondary N) is 1. The number of ether oxygens (including phenoxy) is 1. The average molecular weight is 378 g/mol. The van der Waals surface area contributed by atoms with E-state index in [9.17, 15) is 18.0 Å². The maximum Gasteiger partial charge on any atom is 0.331 e. The van der Waals surface area contributed by atoms with Gasteiger partial charge in [0.05, 0.1) is 11.2 Å². The predicted molar refractivity (Wildman–Crippen MR) is 94.6 cm³/mol. The van der Waals surface area contributed by atoms with Crippen LogP contribution < -0.4 is 5.32 Å². The zero-order valence-corrected chi connectivity index (χ0v) is 15.0. The molecule has 0 atom stereocenters. The minimum atomic E-state index is -3.61. The summed E-state index contributed by atoms with van der Waals surface area (Å²) in [5.41, 5.74) is 0.278. The highest BCUT2D eigenvalue weighted by Gasteiger charge is 2.17. The fourth-order valence-electron chi connectivity index (χ4n) is 1.86. The largest absolute Gasteiger partial charge is 0.465 e. The van der Waals surface area contributed by atoms with Gasteiger partial charge in [-0.1, -0.05) is 6.07 Å². The summed E-state index contributed by atoms with van der Waals surface area (Å²) in [6, 6.07) is 9.11. The minimum Gasteiger partial charge on any atom is -0.465 e. The molecule has 0 spiro atoms. The molecule has 8 nitrogen and oxygen atoms in total. The normalized spacial score (nSPS) is 11.7. The van der Waals surface area contributed by atoms with E-state index in [0.717, 1.165) is 10.4 Å². The van der Waals surface area contributed by atoms with Crippen molar-refractivity contribution in [2.45, 2.75) is 4.90 Å². The van der Waals surface area contributed by atoms with Gasteiger partial charge in [-0.3, -0.25) is 4.79 Å². The third-order valence-electron chi connectivity index (χ3n) is 3.17. The second kappa shape index (κ2) is 8.45. The number of rotatable bonds is 7. The van der Waals surface area contributed by atoms with Crippen molar-refractivity contribution < 1.29 is 27.2 Å². The van der Waals surface area contributed by atoms with Crippen LogP contribution in [-0.2, 0) is 24.3 Å². The number of carbonyl (C=O) groups excluding carboxylic acids is 2. The number of anilines is 1. The van der Waals surface area contributed by atoms with Crippen LogP contribution in [0.3, 0.4) is 0 Å². The van der Waals surface area contributed by atoms with Crippen LogP contribution in [0.25, 0.3) is 6.08 Å². The van der Waals surface area contributed by atoms with Gasteiger partial charge < -0.3 is 14.5 Å². The number of hydrogen-bond donors (Lipinski definition) is 1. The van der Waals surface area contributed by atoms with Crippen LogP contribution in [0.1, 0.15) is 5.76 Å². The van der Waals surface area contributed by atoms with Crippen LogP contribution in [0.4, 0.5) is 5.69 Å². The third-order valence-corrected chi connectivity index (χ3v) is 4.98. The van der Waals surface area contributed by atoms with Gasteiger partial charge in [0.2, 0.25) is 10.0 Å². The summed E-state index contributed by atoms with van der Waals surface area (Å²) in [6.45, 7) is -0.508. The highest BCUT2D eigenvalue weighted by Crippen LogP contribution is 2.17. The Morgan fingerprint density at radius 3 is 2.65 bits per heavy atom. The Morgan fingerprint density at radius 1 is 1.23 bits per heavy atom. The molecule has 2 aromatic rings. The Balaban J connectivity index is 1.91. The number of sulfonamides is 1. The van der Waals surface area contributed by atoms with Crippen molar-refractivity contribution in [3.8, 4) is 0 Å². The summed E-state index contributed by atoms with van der Waals surface area (Å²) < 4.78 is 35.1. The maximum atomic E-state index is 12.1. The summed E-state index contributed by atoms with van der Waals surface area (Å²) >= 11 is 0. The Labute approximate surface area is 151 Å². The molecule has 1 aromatic carbocycles. The second-order valence-corrected chi connectivity index (χ2v) is 7.47. The first-order valence-corrected chi connectivity index (χ1v) is 8.94. The molecule has 138 valence electrons. The molecule has 26 heavy (non-hydrogen) atoms. The molecule has 0 unspecified atom stereocenters. The monoisotopic (exact) mass is 378 g/mol. The molecule has 0 radical (unpaired) electrons. The number of nitrogens with zero attached hydrogens (tertiary/aromatic N) is 1. The van der Waals surface area contributed by atoms with E-state index < -0.39 is 28.5 Å². The molecular formula is C17H18N2O6S. The van der Waals surface area contributed by atoms with Gasteiger partial charge in [-0.25, -0.2) is 17.5 Å². The van der Waals surface area contributed by atoms with Crippen molar-refractivity contribution in [2.24, 2.45) is 0 Å². The summed E-state index contributed by atoms with van der Waals surface area (Å²) in [7, 11) is -0.785. The number of benzene rings is 1. The van der Waals surface area contributed by atoms with Gasteiger partial charge in [0.1, 0.15) is 5.76 Å². The van der Waals surface area contributed by atoms with Gasteiger partial charge in [0, 0.05) is 25.9 Å². The molecule has 1 N–H and O–H groups in total. The van der Waals surface area contributed by atoms with Gasteiger partial charge >= 0.3 is 5.97 Å². The van der Waals surface area contributed by atoms with E-state index in [2.05, 4.69) is 5.32 Å². The molecule has 0 aliphatic carbocycles. The van der Waals surface area contributed by atoms with Crippen LogP contribution in [0, 0.1) is 0 Å². The Kier molecular flexibility index (Phi) is 6.31. The lowest BCUT2D eigenvalue weighted by molar-refractivity contribution is -0.142. The maximum absolute atomic E-state index is 12.1. The zero-order valence-electron chi connectivity index (χ0n) is 14.2. The number of amides is 1. The van der Waals surface area contributed by atoms with Gasteiger partial charge in [-0.15, -0.1) is 0 Å². The third kappa shape index (κ3) is 5.30. The fraction of sp³-hybridized carbons (Fsp3) is 0.176. The van der Waals surface area contributed by atoms with Gasteiger partial charge in [-0.2, -0.15) is 0 Å². The van der Waals surface area contributed by atoms with E-state index >= 15 is 0 Å². The number of esters is 1. The molecule has 1 heterocycles. The van der Waals surface area contributed by atoms with Gasteiger partial charge in [0.25, 0.3) is 5.91 Å². The van der Waals surface area contributed by atoms with Gasteiger partial charge in [0.15, 0.2) is 6.61 Å². The highest BCUT2D eigenvalue weighted by molar-refractivity contribution is 7.89. The van der Waals surface area contributed by atoms with Crippen LogP contribution in [-0.4, -0.2) is 45.3 Å². The molecule has 1 aromatic heterocycles. The fourth-order valence-corrected chi connectivity index (χ4v) is 2.81. The highest BCUT2D eigenvalue weighted by atomic mass is 32.2. The molecule has 0 aliphatic rings. The van der Waals surface area contributed by atoms with Crippen molar-refractivity contribution in [1.29, 1.82) is 0 Å². The molecule has 1 amide bonds. The SMILES string of the molecule is CN(C)S(=O)(=O)c1cccc(NC(=O)COC(=O)/C=C/c2ccco2)c1. The van der Waals surface area contributed by atoms with Gasteiger partial charge in [-0.05, 0) is 36.4 Å². The number of hydrogen-bond acceptors (Lipinski definition) is 6. The first-order valence-electron chi connectivity index (χ1n) is 7.50. The van der Waals surface area contributed by atoms with Crippen LogP contribution in [0.15, 0.2) is 58.1 Å². The molecule has 0 aliphatic heterocycles. The average Bonchev–Trinajstić information content (AvgIpc) is 3.12. The molecule has 9 heteroatoms. The van der Waals surface area contributed by atoms with Crippen LogP contribution in [0.2, 0.25) is 0 Å². The topological polar surface area (TPSA) is 106 Å². The van der Waals surface area contributed by atoms with Crippen LogP contribution >= 0.6 is 0 Å². The molecule has 0 saturated carbocycles. The Morgan fingerprint density at radius 2 is 2.00 bits per heavy atom. The lowest BCUT2D eigenvalue weighted by Gasteiger charge is -2.12. The summed E-state index contributed by atoms with van der Waals surface area (Å²) in [6.07, 6.45) is 4.01. The standard InChI is InChI=1S/C17H18N2O6S/c1-19(2)26(22,23)15-7-3-5-13(11-15)18-16(20)12-25-17(21)9-8-14-6-4-10-24-14/h3-11H,12H2,1-2H3,(H,18,20)/b9-8+. The lowest BCUT2D eigenvalue weighted by atomic mass is 10.3. The van der Waals surface area contributed by atoms with E-state index in [1.165, 1.54) is 50.7 Å². The summed E-state index contributed by atoms with van der Waals surface area (Å²) in [5.74, 6) is -0.824. The van der Waals surface area contributed by atoms with E-state index in [0.29, 0.717) is 5.76 Å². The van der Waals surface area contributed by atoms with Crippen molar-refractivity contribution in [2.75, 3.05) is 26.0 Å². The summed E-state index contributed by atoms with van der Waals surface area (Å²) in [5, 5.41) is 2.48. The smallest absolute Gasteiger partial charge is 0.331 e.